The molecule has 0 aliphatic carbocycles. The average Bonchev–Trinajstić information content (AvgIpc) is 2.92. The number of benzene rings is 2. The van der Waals surface area contributed by atoms with E-state index in [1.807, 2.05) is 31.2 Å². The van der Waals surface area contributed by atoms with Crippen molar-refractivity contribution in [2.75, 3.05) is 0 Å². The Hall–Kier alpha value is -1.84. The van der Waals surface area contributed by atoms with Gasteiger partial charge < -0.3 is 4.42 Å². The van der Waals surface area contributed by atoms with Crippen LogP contribution in [-0.4, -0.2) is 10.2 Å². The van der Waals surface area contributed by atoms with Gasteiger partial charge in [0.2, 0.25) is 11.8 Å². The summed E-state index contributed by atoms with van der Waals surface area (Å²) in [6.45, 7) is 2.02. The van der Waals surface area contributed by atoms with Crippen LogP contribution in [0.1, 0.15) is 5.56 Å². The van der Waals surface area contributed by atoms with Gasteiger partial charge in [-0.1, -0.05) is 40.9 Å². The molecule has 0 radical (unpaired) electrons. The Labute approximate surface area is 126 Å². The lowest BCUT2D eigenvalue weighted by Gasteiger charge is -1.99. The molecule has 1 heterocycles. The molecule has 3 rings (SSSR count). The van der Waals surface area contributed by atoms with Gasteiger partial charge in [-0.25, -0.2) is 0 Å². The van der Waals surface area contributed by atoms with Crippen molar-refractivity contribution in [2.45, 2.75) is 6.92 Å². The van der Waals surface area contributed by atoms with Gasteiger partial charge in [0.25, 0.3) is 0 Å². The summed E-state index contributed by atoms with van der Waals surface area (Å²) in [7, 11) is 0. The highest BCUT2D eigenvalue weighted by molar-refractivity contribution is 6.35. The summed E-state index contributed by atoms with van der Waals surface area (Å²) >= 11 is 12.1. The summed E-state index contributed by atoms with van der Waals surface area (Å²) in [4.78, 5) is 0. The van der Waals surface area contributed by atoms with Gasteiger partial charge >= 0.3 is 0 Å². The largest absolute Gasteiger partial charge is 0.416 e. The van der Waals surface area contributed by atoms with Gasteiger partial charge in [0.15, 0.2) is 0 Å². The van der Waals surface area contributed by atoms with Crippen molar-refractivity contribution in [3.05, 3.63) is 58.1 Å². The van der Waals surface area contributed by atoms with E-state index in [1.165, 1.54) is 5.56 Å². The molecule has 20 heavy (non-hydrogen) atoms. The first-order chi connectivity index (χ1) is 9.63. The standard InChI is InChI=1S/C15H10Cl2N2O/c1-9-2-4-10(5-3-9)14-18-19-15(20-14)12-8-11(16)6-7-13(12)17/h2-8H,1H3. The lowest BCUT2D eigenvalue weighted by molar-refractivity contribution is 0.584. The molecule has 0 spiro atoms. The van der Waals surface area contributed by atoms with E-state index in [-0.39, 0.29) is 0 Å². The molecule has 0 unspecified atom stereocenters. The number of nitrogens with zero attached hydrogens (tertiary/aromatic N) is 2. The Morgan fingerprint density at radius 3 is 2.35 bits per heavy atom. The maximum absolute atomic E-state index is 6.12. The van der Waals surface area contributed by atoms with Crippen LogP contribution < -0.4 is 0 Å². The van der Waals surface area contributed by atoms with Crippen LogP contribution in [0.25, 0.3) is 22.9 Å². The molecule has 1 aromatic heterocycles. The molecule has 2 aromatic carbocycles. The first kappa shape index (κ1) is 13.2. The summed E-state index contributed by atoms with van der Waals surface area (Å²) in [5, 5.41) is 9.16. The van der Waals surface area contributed by atoms with E-state index in [0.717, 1.165) is 5.56 Å². The molecular formula is C15H10Cl2N2O. The maximum Gasteiger partial charge on any atom is 0.249 e. The Morgan fingerprint density at radius 2 is 1.60 bits per heavy atom. The van der Waals surface area contributed by atoms with Crippen molar-refractivity contribution in [2.24, 2.45) is 0 Å². The van der Waals surface area contributed by atoms with Gasteiger partial charge in [0.1, 0.15) is 0 Å². The third-order valence-electron chi connectivity index (χ3n) is 2.88. The Morgan fingerprint density at radius 1 is 0.900 bits per heavy atom. The first-order valence-electron chi connectivity index (χ1n) is 5.99. The molecule has 0 N–H and O–H groups in total. The van der Waals surface area contributed by atoms with Crippen LogP contribution in [0.5, 0.6) is 0 Å². The minimum absolute atomic E-state index is 0.355. The summed E-state index contributed by atoms with van der Waals surface area (Å²) in [5.74, 6) is 0.809. The zero-order valence-corrected chi connectivity index (χ0v) is 12.1. The highest BCUT2D eigenvalue weighted by atomic mass is 35.5. The van der Waals surface area contributed by atoms with Crippen LogP contribution in [0.2, 0.25) is 10.0 Å². The van der Waals surface area contributed by atoms with E-state index in [4.69, 9.17) is 27.6 Å². The fraction of sp³-hybridized carbons (Fsp3) is 0.0667. The Kier molecular flexibility index (Phi) is 3.47. The normalized spacial score (nSPS) is 10.8. The van der Waals surface area contributed by atoms with Crippen molar-refractivity contribution >= 4 is 23.2 Å². The molecule has 0 fully saturated rings. The molecule has 3 aromatic rings. The third-order valence-corrected chi connectivity index (χ3v) is 3.45. The summed E-state index contributed by atoms with van der Waals surface area (Å²) < 4.78 is 5.67. The van der Waals surface area contributed by atoms with Crippen LogP contribution in [0.15, 0.2) is 46.9 Å². The van der Waals surface area contributed by atoms with E-state index in [1.54, 1.807) is 18.2 Å². The third kappa shape index (κ3) is 2.55. The molecule has 0 atom stereocenters. The molecule has 0 saturated heterocycles. The van der Waals surface area contributed by atoms with Gasteiger partial charge in [-0.05, 0) is 37.3 Å². The Balaban J connectivity index is 2.01. The molecular weight excluding hydrogens is 295 g/mol. The van der Waals surface area contributed by atoms with Crippen LogP contribution in [-0.2, 0) is 0 Å². The number of aromatic nitrogens is 2. The first-order valence-corrected chi connectivity index (χ1v) is 6.75. The molecule has 0 bridgehead atoms. The van der Waals surface area contributed by atoms with Gasteiger partial charge in [-0.3, -0.25) is 0 Å². The number of hydrogen-bond donors (Lipinski definition) is 0. The highest BCUT2D eigenvalue weighted by Gasteiger charge is 2.13. The van der Waals surface area contributed by atoms with Crippen molar-refractivity contribution in [3.63, 3.8) is 0 Å². The number of aryl methyl sites for hydroxylation is 1. The van der Waals surface area contributed by atoms with Crippen molar-refractivity contribution in [1.82, 2.24) is 10.2 Å². The molecule has 100 valence electrons. The minimum atomic E-state index is 0.355. The topological polar surface area (TPSA) is 38.9 Å². The number of halogens is 2. The van der Waals surface area contributed by atoms with Crippen LogP contribution in [0, 0.1) is 6.92 Å². The second kappa shape index (κ2) is 5.27. The van der Waals surface area contributed by atoms with E-state index in [9.17, 15) is 0 Å². The van der Waals surface area contributed by atoms with E-state index >= 15 is 0 Å². The van der Waals surface area contributed by atoms with E-state index in [2.05, 4.69) is 10.2 Å². The van der Waals surface area contributed by atoms with Crippen molar-refractivity contribution in [1.29, 1.82) is 0 Å². The summed E-state index contributed by atoms with van der Waals surface area (Å²) in [6, 6.07) is 13.0. The van der Waals surface area contributed by atoms with Crippen molar-refractivity contribution in [3.8, 4) is 22.9 Å². The molecule has 5 heteroatoms. The van der Waals surface area contributed by atoms with Crippen LogP contribution in [0.3, 0.4) is 0 Å². The van der Waals surface area contributed by atoms with Crippen molar-refractivity contribution < 1.29 is 4.42 Å². The second-order valence-corrected chi connectivity index (χ2v) is 5.25. The summed E-state index contributed by atoms with van der Waals surface area (Å²) in [5.41, 5.74) is 2.67. The van der Waals surface area contributed by atoms with Crippen LogP contribution in [0.4, 0.5) is 0 Å². The predicted molar refractivity (Wildman–Crippen MR) is 79.9 cm³/mol. The van der Waals surface area contributed by atoms with Gasteiger partial charge in [-0.15, -0.1) is 10.2 Å². The molecule has 0 saturated carbocycles. The minimum Gasteiger partial charge on any atom is -0.416 e. The fourth-order valence-electron chi connectivity index (χ4n) is 1.81. The zero-order chi connectivity index (χ0) is 14.1. The van der Waals surface area contributed by atoms with E-state index in [0.29, 0.717) is 27.4 Å². The molecule has 0 aliphatic heterocycles. The van der Waals surface area contributed by atoms with Gasteiger partial charge in [-0.2, -0.15) is 0 Å². The van der Waals surface area contributed by atoms with Gasteiger partial charge in [0, 0.05) is 10.6 Å². The zero-order valence-electron chi connectivity index (χ0n) is 10.6. The molecule has 0 aliphatic rings. The number of rotatable bonds is 2. The Bertz CT molecular complexity index is 751. The van der Waals surface area contributed by atoms with E-state index < -0.39 is 0 Å². The number of hydrogen-bond acceptors (Lipinski definition) is 3. The van der Waals surface area contributed by atoms with Gasteiger partial charge in [0.05, 0.1) is 10.6 Å². The predicted octanol–water partition coefficient (Wildman–Crippen LogP) is 5.02. The second-order valence-electron chi connectivity index (χ2n) is 4.40. The summed E-state index contributed by atoms with van der Waals surface area (Å²) in [6.07, 6.45) is 0. The highest BCUT2D eigenvalue weighted by Crippen LogP contribution is 2.31. The molecule has 0 amide bonds. The maximum atomic E-state index is 6.12. The molecule has 3 nitrogen and oxygen atoms in total. The fourth-order valence-corrected chi connectivity index (χ4v) is 2.18. The lowest BCUT2D eigenvalue weighted by atomic mass is 10.1. The monoisotopic (exact) mass is 304 g/mol. The lowest BCUT2D eigenvalue weighted by Crippen LogP contribution is -1.79. The average molecular weight is 305 g/mol. The van der Waals surface area contributed by atoms with Crippen LogP contribution >= 0.6 is 23.2 Å². The quantitative estimate of drug-likeness (QED) is 0.667. The smallest absolute Gasteiger partial charge is 0.249 e. The SMILES string of the molecule is Cc1ccc(-c2nnc(-c3cc(Cl)ccc3Cl)o2)cc1.